The summed E-state index contributed by atoms with van der Waals surface area (Å²) in [6, 6.07) is 54.5. The van der Waals surface area contributed by atoms with Gasteiger partial charge in [0.2, 0.25) is 5.88 Å². The van der Waals surface area contributed by atoms with Crippen LogP contribution in [0.3, 0.4) is 0 Å². The van der Waals surface area contributed by atoms with Crippen LogP contribution in [-0.4, -0.2) is 41.9 Å². The van der Waals surface area contributed by atoms with Crippen molar-refractivity contribution < 1.29 is 4.74 Å². The van der Waals surface area contributed by atoms with Gasteiger partial charge in [-0.3, -0.25) is 0 Å². The van der Waals surface area contributed by atoms with Gasteiger partial charge in [-0.15, -0.1) is 5.10 Å². The minimum absolute atomic E-state index is 0.582. The van der Waals surface area contributed by atoms with Gasteiger partial charge >= 0.3 is 0 Å². The molecule has 0 radical (unpaired) electrons. The van der Waals surface area contributed by atoms with Gasteiger partial charge in [0.25, 0.3) is 0 Å². The Morgan fingerprint density at radius 1 is 0.593 bits per heavy atom. The summed E-state index contributed by atoms with van der Waals surface area (Å²) >= 11 is 0. The van der Waals surface area contributed by atoms with Crippen molar-refractivity contribution in [1.82, 2.24) is 34.7 Å². The van der Waals surface area contributed by atoms with E-state index in [9.17, 15) is 0 Å². The fraction of sp³-hybridized carbons (Fsp3) is 0.152. The highest BCUT2D eigenvalue weighted by Crippen LogP contribution is 2.42. The normalized spacial score (nSPS) is 11.4. The molecule has 8 nitrogen and oxygen atoms in total. The first-order chi connectivity index (χ1) is 26.7. The molecule has 0 aliphatic heterocycles. The lowest BCUT2D eigenvalue weighted by atomic mass is 9.77. The smallest absolute Gasteiger partial charge is 0.213 e. The van der Waals surface area contributed by atoms with Crippen molar-refractivity contribution in [3.8, 4) is 39.8 Å². The monoisotopic (exact) mass is 707 g/mol. The topological polar surface area (TPSA) is 83.5 Å². The van der Waals surface area contributed by atoms with Crippen LogP contribution in [0.4, 0.5) is 0 Å². The zero-order chi connectivity index (χ0) is 36.7. The molecule has 0 N–H and O–H groups in total. The van der Waals surface area contributed by atoms with Gasteiger partial charge in [0.1, 0.15) is 17.1 Å². The van der Waals surface area contributed by atoms with E-state index in [2.05, 4.69) is 154 Å². The van der Waals surface area contributed by atoms with Crippen molar-refractivity contribution in [3.63, 3.8) is 0 Å². The SMILES string of the molecule is CCCCc1nc(-c2cccc(OC)n2)cn1Cc1ccc(-c2ccc(-c3nnnn3C(c3ccccc3)(c3ccccc3)c3ccccc3)cc2)cc1. The molecule has 266 valence electrons. The van der Waals surface area contributed by atoms with Crippen molar-refractivity contribution in [2.75, 3.05) is 7.11 Å². The van der Waals surface area contributed by atoms with E-state index in [1.165, 1.54) is 5.56 Å². The number of tetrazole rings is 1. The summed E-state index contributed by atoms with van der Waals surface area (Å²) in [5.41, 5.74) is 8.42. The molecule has 3 heterocycles. The average Bonchev–Trinajstić information content (AvgIpc) is 3.90. The van der Waals surface area contributed by atoms with Gasteiger partial charge in [-0.2, -0.15) is 0 Å². The standard InChI is InChI=1S/C46H41N7O/c1-3-4-22-43-47-42(41-21-14-23-44(48-41)54-2)33-52(43)32-34-24-26-35(27-25-34)36-28-30-37(31-29-36)45-49-50-51-53(45)46(38-15-8-5-9-16-38,39-17-10-6-11-18-39)40-19-12-7-13-20-40/h5-21,23-31,33H,3-4,22,32H2,1-2H3. The van der Waals surface area contributed by atoms with E-state index in [0.717, 1.165) is 76.4 Å². The van der Waals surface area contributed by atoms with E-state index in [-0.39, 0.29) is 0 Å². The van der Waals surface area contributed by atoms with Crippen LogP contribution in [0.25, 0.3) is 33.9 Å². The average molecular weight is 708 g/mol. The van der Waals surface area contributed by atoms with Crippen LogP contribution >= 0.6 is 0 Å². The van der Waals surface area contributed by atoms with Crippen molar-refractivity contribution in [1.29, 1.82) is 0 Å². The molecule has 0 amide bonds. The zero-order valence-corrected chi connectivity index (χ0v) is 30.5. The van der Waals surface area contributed by atoms with Crippen LogP contribution < -0.4 is 4.74 Å². The molecule has 8 heteroatoms. The molecule has 0 aliphatic rings. The Hall–Kier alpha value is -6.67. The van der Waals surface area contributed by atoms with Crippen molar-refractivity contribution in [2.24, 2.45) is 0 Å². The van der Waals surface area contributed by atoms with Crippen molar-refractivity contribution >= 4 is 0 Å². The molecule has 0 aliphatic carbocycles. The van der Waals surface area contributed by atoms with E-state index in [0.29, 0.717) is 11.7 Å². The second-order valence-electron chi connectivity index (χ2n) is 13.3. The number of ether oxygens (including phenoxy) is 1. The lowest BCUT2D eigenvalue weighted by Gasteiger charge is -2.36. The molecule has 8 rings (SSSR count). The Balaban J connectivity index is 1.09. The number of methoxy groups -OCH3 is 1. The summed E-state index contributed by atoms with van der Waals surface area (Å²) in [5.74, 6) is 2.32. The molecule has 0 fully saturated rings. The summed E-state index contributed by atoms with van der Waals surface area (Å²) in [4.78, 5) is 9.60. The van der Waals surface area contributed by atoms with Gasteiger partial charge < -0.3 is 9.30 Å². The van der Waals surface area contributed by atoms with Crippen molar-refractivity contribution in [3.05, 3.63) is 192 Å². The number of imidazole rings is 1. The predicted molar refractivity (Wildman–Crippen MR) is 213 cm³/mol. The highest BCUT2D eigenvalue weighted by Gasteiger charge is 2.41. The fourth-order valence-electron chi connectivity index (χ4n) is 7.23. The molecule has 3 aromatic heterocycles. The van der Waals surface area contributed by atoms with Gasteiger partial charge in [0.15, 0.2) is 5.82 Å². The van der Waals surface area contributed by atoms with E-state index in [1.807, 2.05) is 41.1 Å². The highest BCUT2D eigenvalue weighted by molar-refractivity contribution is 5.68. The molecule has 0 saturated heterocycles. The lowest BCUT2D eigenvalue weighted by molar-refractivity contribution is 0.398. The number of aryl methyl sites for hydroxylation is 1. The maximum atomic E-state index is 5.36. The molecule has 0 saturated carbocycles. The molecule has 0 bridgehead atoms. The van der Waals surface area contributed by atoms with E-state index < -0.39 is 5.54 Å². The summed E-state index contributed by atoms with van der Waals surface area (Å²) < 4.78 is 9.58. The second-order valence-corrected chi connectivity index (χ2v) is 13.3. The van der Waals surface area contributed by atoms with Gasteiger partial charge in [-0.25, -0.2) is 14.6 Å². The molecule has 54 heavy (non-hydrogen) atoms. The lowest BCUT2D eigenvalue weighted by Crippen LogP contribution is -2.39. The number of pyridine rings is 1. The van der Waals surface area contributed by atoms with Crippen LogP contribution in [0.1, 0.15) is 47.8 Å². The van der Waals surface area contributed by atoms with Gasteiger partial charge in [0, 0.05) is 30.8 Å². The maximum absolute atomic E-state index is 5.36. The first-order valence-electron chi connectivity index (χ1n) is 18.4. The number of hydrogen-bond acceptors (Lipinski definition) is 6. The fourth-order valence-corrected chi connectivity index (χ4v) is 7.23. The Morgan fingerprint density at radius 2 is 1.17 bits per heavy atom. The summed E-state index contributed by atoms with van der Waals surface area (Å²) in [6.45, 7) is 2.93. The first-order valence-corrected chi connectivity index (χ1v) is 18.4. The molecule has 0 spiro atoms. The Kier molecular flexibility index (Phi) is 9.89. The van der Waals surface area contributed by atoms with E-state index in [1.54, 1.807) is 7.11 Å². The molecule has 8 aromatic rings. The minimum Gasteiger partial charge on any atom is -0.481 e. The van der Waals surface area contributed by atoms with Gasteiger partial charge in [-0.1, -0.05) is 159 Å². The third-order valence-electron chi connectivity index (χ3n) is 9.95. The van der Waals surface area contributed by atoms with Gasteiger partial charge in [-0.05, 0) is 56.3 Å². The van der Waals surface area contributed by atoms with Crippen LogP contribution in [0.2, 0.25) is 0 Å². The third kappa shape index (κ3) is 6.70. The Bertz CT molecular complexity index is 2330. The van der Waals surface area contributed by atoms with Crippen LogP contribution in [0, 0.1) is 0 Å². The molecular weight excluding hydrogens is 667 g/mol. The number of hydrogen-bond donors (Lipinski definition) is 0. The minimum atomic E-state index is -0.812. The largest absolute Gasteiger partial charge is 0.481 e. The number of rotatable bonds is 13. The van der Waals surface area contributed by atoms with Crippen LogP contribution in [0.5, 0.6) is 5.88 Å². The predicted octanol–water partition coefficient (Wildman–Crippen LogP) is 9.51. The third-order valence-corrected chi connectivity index (χ3v) is 9.95. The molecule has 5 aromatic carbocycles. The number of benzene rings is 5. The summed E-state index contributed by atoms with van der Waals surface area (Å²) in [7, 11) is 1.63. The number of nitrogens with zero attached hydrogens (tertiary/aromatic N) is 7. The van der Waals surface area contributed by atoms with Crippen LogP contribution in [-0.2, 0) is 18.5 Å². The Labute approximate surface area is 315 Å². The van der Waals surface area contributed by atoms with Crippen molar-refractivity contribution in [2.45, 2.75) is 38.3 Å². The molecular formula is C46H41N7O. The Morgan fingerprint density at radius 3 is 1.74 bits per heavy atom. The maximum Gasteiger partial charge on any atom is 0.213 e. The quantitative estimate of drug-likeness (QED) is 0.111. The zero-order valence-electron chi connectivity index (χ0n) is 30.5. The van der Waals surface area contributed by atoms with Crippen LogP contribution in [0.15, 0.2) is 164 Å². The highest BCUT2D eigenvalue weighted by atomic mass is 16.5. The summed E-state index contributed by atoms with van der Waals surface area (Å²) in [6.07, 6.45) is 5.21. The van der Waals surface area contributed by atoms with E-state index >= 15 is 0 Å². The number of aromatic nitrogens is 7. The molecule has 0 atom stereocenters. The number of unbranched alkanes of at least 4 members (excludes halogenated alkanes) is 1. The summed E-state index contributed by atoms with van der Waals surface area (Å²) in [5, 5.41) is 13.6. The van der Waals surface area contributed by atoms with Gasteiger partial charge in [0.05, 0.1) is 12.8 Å². The molecule has 0 unspecified atom stereocenters. The second kappa shape index (κ2) is 15.5. The first kappa shape index (κ1) is 34.4. The van der Waals surface area contributed by atoms with E-state index in [4.69, 9.17) is 14.9 Å².